The first kappa shape index (κ1) is 24.3. The molecule has 178 valence electrons. The molecule has 0 saturated carbocycles. The van der Waals surface area contributed by atoms with Crippen molar-refractivity contribution in [3.63, 3.8) is 0 Å². The van der Waals surface area contributed by atoms with Crippen molar-refractivity contribution in [3.05, 3.63) is 98.7 Å². The standard InChI is InChI=1S/C30H30N2O3/c1-18-13-24(20(3)32-26-12-7-6-9-22(26)16-33)29-25(14-18)27(34)19(2)28(35-29)21-10-8-11-23(15-21)30(4,5)17-31/h6-15,20,32-33H,16H2,1-5H3. The Morgan fingerprint density at radius 1 is 1.09 bits per heavy atom. The number of rotatable bonds is 6. The number of aliphatic hydroxyl groups excluding tert-OH is 1. The molecule has 0 spiro atoms. The zero-order valence-electron chi connectivity index (χ0n) is 20.8. The van der Waals surface area contributed by atoms with E-state index in [0.29, 0.717) is 22.3 Å². The molecule has 0 aliphatic carbocycles. The molecule has 0 radical (unpaired) electrons. The minimum atomic E-state index is -0.665. The lowest BCUT2D eigenvalue weighted by molar-refractivity contribution is 0.282. The molecule has 4 rings (SSSR count). The number of hydrogen-bond acceptors (Lipinski definition) is 5. The Hall–Kier alpha value is -3.88. The van der Waals surface area contributed by atoms with Gasteiger partial charge in [-0.05, 0) is 63.9 Å². The molecule has 4 aromatic rings. The number of hydrogen-bond donors (Lipinski definition) is 2. The van der Waals surface area contributed by atoms with E-state index >= 15 is 0 Å². The van der Waals surface area contributed by atoms with Gasteiger partial charge in [-0.25, -0.2) is 0 Å². The second-order valence-electron chi connectivity index (χ2n) is 9.62. The van der Waals surface area contributed by atoms with Crippen molar-refractivity contribution in [2.75, 3.05) is 5.32 Å². The Bertz CT molecular complexity index is 1510. The van der Waals surface area contributed by atoms with Gasteiger partial charge < -0.3 is 14.8 Å². The van der Waals surface area contributed by atoms with Gasteiger partial charge in [-0.2, -0.15) is 5.26 Å². The Labute approximate surface area is 205 Å². The van der Waals surface area contributed by atoms with Crippen LogP contribution in [0.4, 0.5) is 5.69 Å². The maximum Gasteiger partial charge on any atom is 0.196 e. The van der Waals surface area contributed by atoms with Gasteiger partial charge in [-0.15, -0.1) is 0 Å². The van der Waals surface area contributed by atoms with Crippen LogP contribution >= 0.6 is 0 Å². The van der Waals surface area contributed by atoms with Crippen LogP contribution < -0.4 is 10.7 Å². The van der Waals surface area contributed by atoms with E-state index in [1.54, 1.807) is 6.92 Å². The first-order valence-electron chi connectivity index (χ1n) is 11.7. The number of nitrogens with zero attached hydrogens (tertiary/aromatic N) is 1. The average molecular weight is 467 g/mol. The number of nitrogens with one attached hydrogen (secondary N) is 1. The quantitative estimate of drug-likeness (QED) is 0.337. The Kier molecular flexibility index (Phi) is 6.51. The summed E-state index contributed by atoms with van der Waals surface area (Å²) in [5.41, 5.74) is 5.42. The van der Waals surface area contributed by atoms with Crippen molar-refractivity contribution in [1.82, 2.24) is 0 Å². The summed E-state index contributed by atoms with van der Waals surface area (Å²) in [7, 11) is 0. The first-order chi connectivity index (χ1) is 16.7. The fraction of sp³-hybridized carbons (Fsp3) is 0.267. The van der Waals surface area contributed by atoms with E-state index in [0.717, 1.165) is 33.5 Å². The predicted molar refractivity (Wildman–Crippen MR) is 140 cm³/mol. The first-order valence-corrected chi connectivity index (χ1v) is 11.7. The number of nitriles is 1. The van der Waals surface area contributed by atoms with Crippen LogP contribution in [0.2, 0.25) is 0 Å². The minimum absolute atomic E-state index is 0.0703. The molecule has 0 amide bonds. The highest BCUT2D eigenvalue weighted by Crippen LogP contribution is 2.34. The molecule has 1 aromatic heterocycles. The fourth-order valence-corrected chi connectivity index (χ4v) is 4.39. The van der Waals surface area contributed by atoms with Crippen LogP contribution in [0.15, 0.2) is 69.9 Å². The molecule has 0 fully saturated rings. The van der Waals surface area contributed by atoms with Crippen molar-refractivity contribution >= 4 is 16.7 Å². The van der Waals surface area contributed by atoms with Crippen molar-refractivity contribution in [1.29, 1.82) is 5.26 Å². The highest BCUT2D eigenvalue weighted by molar-refractivity contribution is 5.84. The number of fused-ring (bicyclic) bond motifs is 1. The molecule has 5 heteroatoms. The van der Waals surface area contributed by atoms with E-state index in [1.807, 2.05) is 88.4 Å². The summed E-state index contributed by atoms with van der Waals surface area (Å²) in [5, 5.41) is 23.3. The monoisotopic (exact) mass is 466 g/mol. The summed E-state index contributed by atoms with van der Waals surface area (Å²) >= 11 is 0. The lowest BCUT2D eigenvalue weighted by Crippen LogP contribution is -2.14. The molecular formula is C30H30N2O3. The van der Waals surface area contributed by atoms with Gasteiger partial charge in [-0.1, -0.05) is 42.5 Å². The summed E-state index contributed by atoms with van der Waals surface area (Å²) in [6, 6.07) is 21.3. The zero-order valence-corrected chi connectivity index (χ0v) is 20.8. The summed E-state index contributed by atoms with van der Waals surface area (Å²) < 4.78 is 6.49. The minimum Gasteiger partial charge on any atom is -0.455 e. The number of aryl methyl sites for hydroxylation is 1. The smallest absolute Gasteiger partial charge is 0.196 e. The third-order valence-corrected chi connectivity index (χ3v) is 6.54. The van der Waals surface area contributed by atoms with Crippen molar-refractivity contribution in [2.24, 2.45) is 0 Å². The maximum absolute atomic E-state index is 13.5. The maximum atomic E-state index is 13.5. The highest BCUT2D eigenvalue weighted by Gasteiger charge is 2.23. The van der Waals surface area contributed by atoms with E-state index in [2.05, 4.69) is 11.4 Å². The lowest BCUT2D eigenvalue weighted by atomic mass is 9.85. The van der Waals surface area contributed by atoms with E-state index in [4.69, 9.17) is 4.42 Å². The third-order valence-electron chi connectivity index (χ3n) is 6.54. The van der Waals surface area contributed by atoms with Crippen LogP contribution in [0.25, 0.3) is 22.3 Å². The van der Waals surface area contributed by atoms with Crippen LogP contribution in [0.5, 0.6) is 0 Å². The fourth-order valence-electron chi connectivity index (χ4n) is 4.39. The molecule has 1 unspecified atom stereocenters. The molecule has 0 saturated heterocycles. The molecule has 0 bridgehead atoms. The van der Waals surface area contributed by atoms with Crippen molar-refractivity contribution in [2.45, 2.75) is 52.7 Å². The molecule has 1 atom stereocenters. The zero-order chi connectivity index (χ0) is 25.3. The number of benzene rings is 3. The predicted octanol–water partition coefficient (Wildman–Crippen LogP) is 6.54. The van der Waals surface area contributed by atoms with E-state index in [-0.39, 0.29) is 18.1 Å². The molecule has 1 heterocycles. The van der Waals surface area contributed by atoms with E-state index in [9.17, 15) is 15.2 Å². The van der Waals surface area contributed by atoms with Gasteiger partial charge >= 0.3 is 0 Å². The molecule has 2 N–H and O–H groups in total. The van der Waals surface area contributed by atoms with Gasteiger partial charge in [0.1, 0.15) is 11.3 Å². The summed E-state index contributed by atoms with van der Waals surface area (Å²) in [5.74, 6) is 0.506. The highest BCUT2D eigenvalue weighted by atomic mass is 16.3. The summed E-state index contributed by atoms with van der Waals surface area (Å²) in [6.07, 6.45) is 0. The third kappa shape index (κ3) is 4.58. The van der Waals surface area contributed by atoms with Gasteiger partial charge in [-0.3, -0.25) is 4.79 Å². The SMILES string of the molecule is Cc1cc(C(C)Nc2ccccc2CO)c2oc(-c3cccc(C(C)(C)C#N)c3)c(C)c(=O)c2c1. The second-order valence-corrected chi connectivity index (χ2v) is 9.62. The second kappa shape index (κ2) is 9.40. The van der Waals surface area contributed by atoms with Crippen LogP contribution in [0.3, 0.4) is 0 Å². The molecular weight excluding hydrogens is 436 g/mol. The Balaban J connectivity index is 1.90. The average Bonchev–Trinajstić information content (AvgIpc) is 2.86. The molecule has 0 aliphatic rings. The van der Waals surface area contributed by atoms with E-state index in [1.165, 1.54) is 0 Å². The number of aliphatic hydroxyl groups is 1. The van der Waals surface area contributed by atoms with Gasteiger partial charge in [0, 0.05) is 27.9 Å². The van der Waals surface area contributed by atoms with Crippen molar-refractivity contribution < 1.29 is 9.52 Å². The molecule has 5 nitrogen and oxygen atoms in total. The number of para-hydroxylation sites is 1. The van der Waals surface area contributed by atoms with Gasteiger partial charge in [0.05, 0.1) is 29.5 Å². The van der Waals surface area contributed by atoms with Gasteiger partial charge in [0.15, 0.2) is 5.43 Å². The lowest BCUT2D eigenvalue weighted by Gasteiger charge is -2.20. The topological polar surface area (TPSA) is 86.3 Å². The Morgan fingerprint density at radius 2 is 1.83 bits per heavy atom. The summed E-state index contributed by atoms with van der Waals surface area (Å²) in [6.45, 7) is 9.43. The normalized spacial score (nSPS) is 12.4. The van der Waals surface area contributed by atoms with Crippen LogP contribution in [0.1, 0.15) is 54.6 Å². The summed E-state index contributed by atoms with van der Waals surface area (Å²) in [4.78, 5) is 13.5. The molecule has 0 aliphatic heterocycles. The largest absolute Gasteiger partial charge is 0.455 e. The van der Waals surface area contributed by atoms with Crippen LogP contribution in [-0.4, -0.2) is 5.11 Å². The van der Waals surface area contributed by atoms with Gasteiger partial charge in [0.2, 0.25) is 0 Å². The van der Waals surface area contributed by atoms with Crippen LogP contribution in [-0.2, 0) is 12.0 Å². The number of anilines is 1. The molecule has 3 aromatic carbocycles. The van der Waals surface area contributed by atoms with Crippen LogP contribution in [0, 0.1) is 25.2 Å². The van der Waals surface area contributed by atoms with E-state index < -0.39 is 5.41 Å². The molecule has 35 heavy (non-hydrogen) atoms. The van der Waals surface area contributed by atoms with Gasteiger partial charge in [0.25, 0.3) is 0 Å². The Morgan fingerprint density at radius 3 is 2.54 bits per heavy atom. The van der Waals surface area contributed by atoms with Crippen molar-refractivity contribution in [3.8, 4) is 17.4 Å².